The second-order valence-electron chi connectivity index (χ2n) is 5.77. The highest BCUT2D eigenvalue weighted by Crippen LogP contribution is 2.22. The van der Waals surface area contributed by atoms with Gasteiger partial charge < -0.3 is 10.1 Å². The lowest BCUT2D eigenvalue weighted by molar-refractivity contribution is -0.120. The van der Waals surface area contributed by atoms with Gasteiger partial charge in [0.2, 0.25) is 5.91 Å². The number of nitrogens with one attached hydrogen (secondary N) is 1. The Morgan fingerprint density at radius 1 is 1.29 bits per heavy atom. The minimum atomic E-state index is -0.165. The molecule has 1 aromatic carbocycles. The topological polar surface area (TPSA) is 41.6 Å². The van der Waals surface area contributed by atoms with Gasteiger partial charge in [-0.2, -0.15) is 0 Å². The Morgan fingerprint density at radius 3 is 2.38 bits per heavy atom. The third-order valence-electron chi connectivity index (χ3n) is 3.83. The molecule has 1 N–H and O–H groups in total. The third-order valence-corrected chi connectivity index (χ3v) is 3.83. The van der Waals surface area contributed by atoms with Crippen molar-refractivity contribution in [1.82, 2.24) is 4.90 Å². The average molecular weight is 292 g/mol. The van der Waals surface area contributed by atoms with Gasteiger partial charge in [0.1, 0.15) is 0 Å². The minimum absolute atomic E-state index is 0.0324. The highest BCUT2D eigenvalue weighted by molar-refractivity contribution is 5.95. The number of likely N-dealkylation sites (N-methyl/N-ethyl adjacent to an activating group) is 1. The summed E-state index contributed by atoms with van der Waals surface area (Å²) in [6.45, 7) is 9.62. The smallest absolute Gasteiger partial charge is 0.241 e. The fraction of sp³-hybridized carbons (Fsp3) is 0.588. The van der Waals surface area contributed by atoms with Crippen molar-refractivity contribution in [2.45, 2.75) is 40.2 Å². The number of carbonyl (C=O) groups excluding carboxylic acids is 1. The van der Waals surface area contributed by atoms with Crippen molar-refractivity contribution in [1.29, 1.82) is 0 Å². The van der Waals surface area contributed by atoms with Gasteiger partial charge in [0.05, 0.1) is 6.04 Å². The summed E-state index contributed by atoms with van der Waals surface area (Å²) in [6, 6.07) is 4.02. The third kappa shape index (κ3) is 5.14. The predicted molar refractivity (Wildman–Crippen MR) is 87.9 cm³/mol. The Bertz CT molecular complexity index is 463. The number of aryl methyl sites for hydroxylation is 3. The van der Waals surface area contributed by atoms with Crippen LogP contribution in [0.2, 0.25) is 0 Å². The normalized spacial score (nSPS) is 12.5. The van der Waals surface area contributed by atoms with Gasteiger partial charge in [-0.1, -0.05) is 17.7 Å². The summed E-state index contributed by atoms with van der Waals surface area (Å²) < 4.78 is 5.04. The van der Waals surface area contributed by atoms with E-state index in [1.54, 1.807) is 7.11 Å². The molecule has 0 aliphatic heterocycles. The Labute approximate surface area is 128 Å². The van der Waals surface area contributed by atoms with E-state index >= 15 is 0 Å². The Hall–Kier alpha value is -1.39. The van der Waals surface area contributed by atoms with Crippen LogP contribution in [-0.4, -0.2) is 44.2 Å². The zero-order valence-electron chi connectivity index (χ0n) is 14.1. The van der Waals surface area contributed by atoms with E-state index in [0.717, 1.165) is 36.4 Å². The van der Waals surface area contributed by atoms with Gasteiger partial charge in [0.25, 0.3) is 0 Å². The predicted octanol–water partition coefficient (Wildman–Crippen LogP) is 2.91. The molecule has 0 saturated heterocycles. The van der Waals surface area contributed by atoms with Crippen molar-refractivity contribution in [3.8, 4) is 0 Å². The summed E-state index contributed by atoms with van der Waals surface area (Å²) in [5.41, 5.74) is 4.36. The molecule has 0 aromatic heterocycles. The van der Waals surface area contributed by atoms with Crippen LogP contribution in [0.4, 0.5) is 5.69 Å². The van der Waals surface area contributed by atoms with Crippen molar-refractivity contribution in [2.75, 3.05) is 32.6 Å². The molecule has 1 aromatic rings. The van der Waals surface area contributed by atoms with Crippen molar-refractivity contribution in [2.24, 2.45) is 0 Å². The number of hydrogen-bond donors (Lipinski definition) is 1. The Balaban J connectivity index is 2.68. The van der Waals surface area contributed by atoms with Gasteiger partial charge in [0.15, 0.2) is 0 Å². The van der Waals surface area contributed by atoms with Crippen LogP contribution in [0.25, 0.3) is 0 Å². The molecule has 1 rings (SSSR count). The van der Waals surface area contributed by atoms with E-state index in [2.05, 4.69) is 24.4 Å². The Morgan fingerprint density at radius 2 is 1.86 bits per heavy atom. The molecular weight excluding hydrogens is 264 g/mol. The molecule has 0 aliphatic carbocycles. The lowest BCUT2D eigenvalue weighted by Gasteiger charge is -2.24. The number of nitrogens with zero attached hydrogens (tertiary/aromatic N) is 1. The van der Waals surface area contributed by atoms with E-state index in [1.807, 2.05) is 32.7 Å². The maximum absolute atomic E-state index is 12.4. The molecule has 0 radical (unpaired) electrons. The van der Waals surface area contributed by atoms with Gasteiger partial charge in [-0.15, -0.1) is 0 Å². The lowest BCUT2D eigenvalue weighted by Crippen LogP contribution is -2.40. The largest absolute Gasteiger partial charge is 0.385 e. The zero-order valence-corrected chi connectivity index (χ0v) is 14.1. The number of rotatable bonds is 7. The molecule has 1 unspecified atom stereocenters. The van der Waals surface area contributed by atoms with E-state index in [1.165, 1.54) is 5.56 Å². The first kappa shape index (κ1) is 17.7. The van der Waals surface area contributed by atoms with Crippen molar-refractivity contribution < 1.29 is 9.53 Å². The SMILES string of the molecule is COCCCN(C)C(C)C(=O)Nc1c(C)cc(C)cc1C. The van der Waals surface area contributed by atoms with Crippen LogP contribution in [0.3, 0.4) is 0 Å². The molecule has 4 nitrogen and oxygen atoms in total. The maximum Gasteiger partial charge on any atom is 0.241 e. The van der Waals surface area contributed by atoms with E-state index in [0.29, 0.717) is 0 Å². The molecule has 0 spiro atoms. The summed E-state index contributed by atoms with van der Waals surface area (Å²) in [7, 11) is 3.66. The van der Waals surface area contributed by atoms with E-state index in [9.17, 15) is 4.79 Å². The number of carbonyl (C=O) groups is 1. The van der Waals surface area contributed by atoms with Gasteiger partial charge in [-0.3, -0.25) is 9.69 Å². The quantitative estimate of drug-likeness (QED) is 0.786. The summed E-state index contributed by atoms with van der Waals surface area (Å²) in [5, 5.41) is 3.06. The molecule has 0 fully saturated rings. The number of amides is 1. The van der Waals surface area contributed by atoms with Gasteiger partial charge in [-0.05, 0) is 52.3 Å². The summed E-state index contributed by atoms with van der Waals surface area (Å²) in [6.07, 6.45) is 0.924. The highest BCUT2D eigenvalue weighted by Gasteiger charge is 2.19. The van der Waals surface area contributed by atoms with Crippen molar-refractivity contribution >= 4 is 11.6 Å². The molecule has 0 saturated carbocycles. The van der Waals surface area contributed by atoms with Crippen LogP contribution in [0, 0.1) is 20.8 Å². The molecule has 1 atom stereocenters. The van der Waals surface area contributed by atoms with Crippen molar-refractivity contribution in [3.63, 3.8) is 0 Å². The van der Waals surface area contributed by atoms with Crippen LogP contribution in [0.1, 0.15) is 30.0 Å². The standard InChI is InChI=1S/C17H28N2O2/c1-12-10-13(2)16(14(3)11-12)18-17(20)15(4)19(5)8-7-9-21-6/h10-11,15H,7-9H2,1-6H3,(H,18,20). The molecule has 0 heterocycles. The van der Waals surface area contributed by atoms with Gasteiger partial charge >= 0.3 is 0 Å². The summed E-state index contributed by atoms with van der Waals surface area (Å²) in [5.74, 6) is 0.0324. The highest BCUT2D eigenvalue weighted by atomic mass is 16.5. The Kier molecular flexibility index (Phi) is 6.85. The lowest BCUT2D eigenvalue weighted by atomic mass is 10.0. The first-order valence-corrected chi connectivity index (χ1v) is 7.44. The molecular formula is C17H28N2O2. The van der Waals surface area contributed by atoms with E-state index in [-0.39, 0.29) is 11.9 Å². The van der Waals surface area contributed by atoms with Crippen LogP contribution in [0.15, 0.2) is 12.1 Å². The number of hydrogen-bond acceptors (Lipinski definition) is 3. The fourth-order valence-electron chi connectivity index (χ4n) is 2.46. The number of ether oxygens (including phenoxy) is 1. The van der Waals surface area contributed by atoms with Crippen LogP contribution < -0.4 is 5.32 Å². The molecule has 0 bridgehead atoms. The molecule has 4 heteroatoms. The van der Waals surface area contributed by atoms with Crippen LogP contribution >= 0.6 is 0 Å². The number of anilines is 1. The van der Waals surface area contributed by atoms with Gasteiger partial charge in [-0.25, -0.2) is 0 Å². The average Bonchev–Trinajstić information content (AvgIpc) is 2.41. The maximum atomic E-state index is 12.4. The summed E-state index contributed by atoms with van der Waals surface area (Å²) in [4.78, 5) is 14.4. The van der Waals surface area contributed by atoms with Crippen molar-refractivity contribution in [3.05, 3.63) is 28.8 Å². The number of methoxy groups -OCH3 is 1. The summed E-state index contributed by atoms with van der Waals surface area (Å²) >= 11 is 0. The first-order chi connectivity index (χ1) is 9.86. The molecule has 21 heavy (non-hydrogen) atoms. The second kappa shape index (κ2) is 8.15. The molecule has 1 amide bonds. The fourth-order valence-corrected chi connectivity index (χ4v) is 2.46. The van der Waals surface area contributed by atoms with Gasteiger partial charge in [0, 0.05) is 25.9 Å². The van der Waals surface area contributed by atoms with Crippen LogP contribution in [-0.2, 0) is 9.53 Å². The molecule has 118 valence electrons. The first-order valence-electron chi connectivity index (χ1n) is 7.44. The second-order valence-corrected chi connectivity index (χ2v) is 5.77. The molecule has 0 aliphatic rings. The zero-order chi connectivity index (χ0) is 16.0. The minimum Gasteiger partial charge on any atom is -0.385 e. The monoisotopic (exact) mass is 292 g/mol. The number of benzene rings is 1. The van der Waals surface area contributed by atoms with E-state index in [4.69, 9.17) is 4.74 Å². The van der Waals surface area contributed by atoms with E-state index < -0.39 is 0 Å². The van der Waals surface area contributed by atoms with Crippen LogP contribution in [0.5, 0.6) is 0 Å².